The Hall–Kier alpha value is -1.67. The molecule has 0 aromatic carbocycles. The molecule has 3 rings (SSSR count). The molecule has 0 N–H and O–H groups in total. The molecule has 1 fully saturated rings. The van der Waals surface area contributed by atoms with E-state index in [1.165, 1.54) is 0 Å². The Morgan fingerprint density at radius 3 is 2.80 bits per heavy atom. The van der Waals surface area contributed by atoms with Gasteiger partial charge in [-0.2, -0.15) is 4.98 Å². The van der Waals surface area contributed by atoms with Gasteiger partial charge in [-0.1, -0.05) is 11.6 Å². The molecule has 0 bridgehead atoms. The van der Waals surface area contributed by atoms with Gasteiger partial charge in [0.15, 0.2) is 10.8 Å². The molecule has 2 aromatic heterocycles. The van der Waals surface area contributed by atoms with E-state index >= 15 is 0 Å². The number of carbonyl (C=O) groups is 1. The van der Waals surface area contributed by atoms with E-state index < -0.39 is 5.60 Å². The van der Waals surface area contributed by atoms with Crippen molar-refractivity contribution in [3.8, 4) is 5.88 Å². The van der Waals surface area contributed by atoms with Crippen molar-refractivity contribution in [1.29, 1.82) is 0 Å². The van der Waals surface area contributed by atoms with E-state index in [0.29, 0.717) is 30.9 Å². The fourth-order valence-electron chi connectivity index (χ4n) is 2.33. The number of amides is 1. The third kappa shape index (κ3) is 4.49. The number of halogens is 2. The Bertz CT molecular complexity index is 806. The average Bonchev–Trinajstić information content (AvgIpc) is 2.44. The Morgan fingerprint density at radius 2 is 2.12 bits per heavy atom. The van der Waals surface area contributed by atoms with Gasteiger partial charge in [-0.15, -0.1) is 0 Å². The van der Waals surface area contributed by atoms with Crippen LogP contribution >= 0.6 is 27.5 Å². The largest absolute Gasteiger partial charge is 0.475 e. The van der Waals surface area contributed by atoms with Gasteiger partial charge < -0.3 is 14.4 Å². The van der Waals surface area contributed by atoms with Gasteiger partial charge in [-0.25, -0.2) is 14.8 Å². The number of nitrogens with zero attached hydrogens (tertiary/aromatic N) is 4. The van der Waals surface area contributed by atoms with Crippen molar-refractivity contribution in [2.45, 2.75) is 26.4 Å². The predicted octanol–water partition coefficient (Wildman–Crippen LogP) is 3.69. The van der Waals surface area contributed by atoms with Crippen LogP contribution in [0.5, 0.6) is 5.88 Å². The highest BCUT2D eigenvalue weighted by Crippen LogP contribution is 2.26. The maximum Gasteiger partial charge on any atom is 0.410 e. The third-order valence-electron chi connectivity index (χ3n) is 3.48. The highest BCUT2D eigenvalue weighted by atomic mass is 79.9. The lowest BCUT2D eigenvalue weighted by Gasteiger charge is -2.39. The monoisotopic (exact) mass is 428 g/mol. The van der Waals surface area contributed by atoms with Crippen LogP contribution in [0.15, 0.2) is 16.7 Å². The normalized spacial score (nSPS) is 15.2. The van der Waals surface area contributed by atoms with Crippen molar-refractivity contribution < 1.29 is 14.3 Å². The highest BCUT2D eigenvalue weighted by molar-refractivity contribution is 9.10. The molecule has 0 unspecified atom stereocenters. The van der Waals surface area contributed by atoms with Gasteiger partial charge in [-0.3, -0.25) is 0 Å². The number of rotatable bonds is 3. The molecule has 0 radical (unpaired) electrons. The smallest absolute Gasteiger partial charge is 0.410 e. The molecule has 1 amide bonds. The van der Waals surface area contributed by atoms with E-state index in [-0.39, 0.29) is 23.0 Å². The van der Waals surface area contributed by atoms with Crippen LogP contribution in [-0.2, 0) is 4.74 Å². The second kappa shape index (κ2) is 6.92. The highest BCUT2D eigenvalue weighted by Gasteiger charge is 2.34. The zero-order valence-corrected chi connectivity index (χ0v) is 16.5. The summed E-state index contributed by atoms with van der Waals surface area (Å²) in [6.45, 7) is 7.10. The number of fused-ring (bicyclic) bond motifs is 1. The number of aromatic nitrogens is 3. The van der Waals surface area contributed by atoms with E-state index in [0.717, 1.165) is 4.47 Å². The molecule has 0 spiro atoms. The third-order valence-corrected chi connectivity index (χ3v) is 4.16. The van der Waals surface area contributed by atoms with E-state index in [2.05, 4.69) is 30.9 Å². The molecule has 134 valence electrons. The molecule has 7 nitrogen and oxygen atoms in total. The molecule has 1 aliphatic heterocycles. The van der Waals surface area contributed by atoms with Crippen molar-refractivity contribution in [2.24, 2.45) is 5.92 Å². The predicted molar refractivity (Wildman–Crippen MR) is 96.8 cm³/mol. The minimum Gasteiger partial charge on any atom is -0.475 e. The Balaban J connectivity index is 1.55. The quantitative estimate of drug-likeness (QED) is 0.740. The zero-order chi connectivity index (χ0) is 18.2. The van der Waals surface area contributed by atoms with E-state index in [1.807, 2.05) is 20.8 Å². The van der Waals surface area contributed by atoms with Gasteiger partial charge in [-0.05, 0) is 42.8 Å². The van der Waals surface area contributed by atoms with Gasteiger partial charge in [0.05, 0.1) is 6.61 Å². The van der Waals surface area contributed by atoms with Crippen LogP contribution in [0.1, 0.15) is 20.8 Å². The van der Waals surface area contributed by atoms with Crippen molar-refractivity contribution >= 4 is 44.8 Å². The number of ether oxygens (including phenoxy) is 2. The molecule has 0 aliphatic carbocycles. The minimum absolute atomic E-state index is 0.190. The summed E-state index contributed by atoms with van der Waals surface area (Å²) in [7, 11) is 0. The number of likely N-dealkylation sites (tertiary alicyclic amines) is 1. The molecular weight excluding hydrogens is 412 g/mol. The lowest BCUT2D eigenvalue weighted by molar-refractivity contribution is -0.00807. The summed E-state index contributed by atoms with van der Waals surface area (Å²) in [6, 6.07) is 1.79. The molecular formula is C16H18BrClN4O3. The van der Waals surface area contributed by atoms with Gasteiger partial charge in [0.2, 0.25) is 0 Å². The molecule has 3 heterocycles. The summed E-state index contributed by atoms with van der Waals surface area (Å²) >= 11 is 9.46. The molecule has 25 heavy (non-hydrogen) atoms. The first-order valence-electron chi connectivity index (χ1n) is 7.81. The summed E-state index contributed by atoms with van der Waals surface area (Å²) < 4.78 is 11.8. The topological polar surface area (TPSA) is 77.4 Å². The Kier molecular flexibility index (Phi) is 5.02. The second-order valence-electron chi connectivity index (χ2n) is 6.88. The molecule has 1 aliphatic rings. The van der Waals surface area contributed by atoms with Crippen LogP contribution in [0.2, 0.25) is 5.15 Å². The first-order valence-corrected chi connectivity index (χ1v) is 8.98. The van der Waals surface area contributed by atoms with Gasteiger partial charge in [0.25, 0.3) is 5.88 Å². The number of pyridine rings is 1. The Labute approximate surface area is 158 Å². The number of hydrogen-bond acceptors (Lipinski definition) is 6. The number of carbonyl (C=O) groups excluding carboxylic acids is 1. The van der Waals surface area contributed by atoms with E-state index in [4.69, 9.17) is 21.1 Å². The maximum absolute atomic E-state index is 11.9. The fraction of sp³-hybridized carbons (Fsp3) is 0.500. The summed E-state index contributed by atoms with van der Waals surface area (Å²) in [5, 5.41) is 0.190. The molecule has 0 atom stereocenters. The SMILES string of the molecule is CC(C)(C)OC(=O)N1CC(COc2nc3ncc(Br)cc3nc2Cl)C1. The molecule has 0 saturated carbocycles. The first kappa shape index (κ1) is 18.1. The Morgan fingerprint density at radius 1 is 1.40 bits per heavy atom. The fourth-order valence-corrected chi connectivity index (χ4v) is 2.83. The van der Waals surface area contributed by atoms with Crippen molar-refractivity contribution in [1.82, 2.24) is 19.9 Å². The molecule has 1 saturated heterocycles. The van der Waals surface area contributed by atoms with Crippen LogP contribution in [0.3, 0.4) is 0 Å². The second-order valence-corrected chi connectivity index (χ2v) is 8.15. The number of hydrogen-bond donors (Lipinski definition) is 0. The van der Waals surface area contributed by atoms with Crippen molar-refractivity contribution in [3.63, 3.8) is 0 Å². The summed E-state index contributed by atoms with van der Waals surface area (Å²) in [4.78, 5) is 26.3. The van der Waals surface area contributed by atoms with Crippen molar-refractivity contribution in [2.75, 3.05) is 19.7 Å². The van der Waals surface area contributed by atoms with Crippen molar-refractivity contribution in [3.05, 3.63) is 21.9 Å². The summed E-state index contributed by atoms with van der Waals surface area (Å²) in [5.41, 5.74) is 0.563. The van der Waals surface area contributed by atoms with E-state index in [1.54, 1.807) is 17.2 Å². The van der Waals surface area contributed by atoms with Gasteiger partial charge in [0, 0.05) is 29.7 Å². The standard InChI is InChI=1S/C16H18BrClN4O3/c1-16(2,3)25-15(23)22-6-9(7-22)8-24-14-12(18)20-11-4-10(17)5-19-13(11)21-14/h4-5,9H,6-8H2,1-3H3. The lowest BCUT2D eigenvalue weighted by atomic mass is 10.0. The average molecular weight is 430 g/mol. The minimum atomic E-state index is -0.491. The molecule has 9 heteroatoms. The van der Waals surface area contributed by atoms with Gasteiger partial charge >= 0.3 is 6.09 Å². The summed E-state index contributed by atoms with van der Waals surface area (Å²) in [5.74, 6) is 0.457. The molecule has 2 aromatic rings. The van der Waals surface area contributed by atoms with Crippen LogP contribution in [0, 0.1) is 5.92 Å². The lowest BCUT2D eigenvalue weighted by Crippen LogP contribution is -2.53. The van der Waals surface area contributed by atoms with Crippen LogP contribution in [0.25, 0.3) is 11.2 Å². The zero-order valence-electron chi connectivity index (χ0n) is 14.1. The van der Waals surface area contributed by atoms with Crippen LogP contribution < -0.4 is 4.74 Å². The summed E-state index contributed by atoms with van der Waals surface area (Å²) in [6.07, 6.45) is 1.33. The van der Waals surface area contributed by atoms with E-state index in [9.17, 15) is 4.79 Å². The van der Waals surface area contributed by atoms with Crippen LogP contribution in [-0.4, -0.2) is 51.2 Å². The van der Waals surface area contributed by atoms with Gasteiger partial charge in [0.1, 0.15) is 11.1 Å². The van der Waals surface area contributed by atoms with Crippen LogP contribution in [0.4, 0.5) is 4.79 Å². The maximum atomic E-state index is 11.9. The first-order chi connectivity index (χ1) is 11.7.